The van der Waals surface area contributed by atoms with E-state index in [-0.39, 0.29) is 18.4 Å². The van der Waals surface area contributed by atoms with Crippen molar-refractivity contribution in [1.29, 1.82) is 0 Å². The lowest BCUT2D eigenvalue weighted by Gasteiger charge is -2.09. The molecule has 0 spiro atoms. The van der Waals surface area contributed by atoms with Crippen molar-refractivity contribution in [3.05, 3.63) is 0 Å². The molecule has 12 heavy (non-hydrogen) atoms. The summed E-state index contributed by atoms with van der Waals surface area (Å²) in [5.41, 5.74) is 0. The molecule has 5 heteroatoms. The van der Waals surface area contributed by atoms with Crippen molar-refractivity contribution in [3.63, 3.8) is 0 Å². The minimum absolute atomic E-state index is 0.0818. The maximum atomic E-state index is 10.5. The van der Waals surface area contributed by atoms with E-state index in [2.05, 4.69) is 10.6 Å². The van der Waals surface area contributed by atoms with E-state index in [1.807, 2.05) is 0 Å². The molecule has 1 unspecified atom stereocenters. The minimum atomic E-state index is -0.758. The molecule has 0 aliphatic rings. The topological polar surface area (TPSA) is 75.3 Å². The van der Waals surface area contributed by atoms with Crippen molar-refractivity contribution in [2.45, 2.75) is 19.9 Å². The summed E-state index contributed by atoms with van der Waals surface area (Å²) in [6, 6.07) is -0.758. The summed E-state index contributed by atoms with van der Waals surface area (Å²) in [6.07, 6.45) is 1.59. The van der Waals surface area contributed by atoms with Gasteiger partial charge in [-0.1, -0.05) is 0 Å². The lowest BCUT2D eigenvalue weighted by molar-refractivity contribution is -0.121. The van der Waals surface area contributed by atoms with Gasteiger partial charge in [0.15, 0.2) is 0 Å². The Morgan fingerprint density at radius 3 is 2.25 bits per heavy atom. The quantitative estimate of drug-likeness (QED) is 0.554. The summed E-state index contributed by atoms with van der Waals surface area (Å²) in [4.78, 5) is 31.0. The first-order valence-corrected chi connectivity index (χ1v) is 3.45. The van der Waals surface area contributed by atoms with Crippen LogP contribution in [0.2, 0.25) is 0 Å². The Balaban J connectivity index is 3.75. The van der Waals surface area contributed by atoms with Crippen LogP contribution in [-0.4, -0.2) is 30.7 Å². The third kappa shape index (κ3) is 5.40. The number of carbonyl (C=O) groups excluding carboxylic acids is 3. The zero-order chi connectivity index (χ0) is 9.56. The zero-order valence-corrected chi connectivity index (χ0v) is 7.01. The van der Waals surface area contributed by atoms with Crippen LogP contribution in [0.25, 0.3) is 0 Å². The summed E-state index contributed by atoms with van der Waals surface area (Å²) in [5, 5.41) is 4.69. The fraction of sp³-hybridized carbons (Fsp3) is 0.571. The lowest BCUT2D eigenvalue weighted by atomic mass is 10.3. The molecule has 2 amide bonds. The Labute approximate surface area is 70.5 Å². The van der Waals surface area contributed by atoms with Gasteiger partial charge in [0.05, 0.1) is 0 Å². The Morgan fingerprint density at radius 2 is 1.92 bits per heavy atom. The summed E-state index contributed by atoms with van der Waals surface area (Å²) in [6.45, 7) is 2.70. The Bertz CT molecular complexity index is 191. The number of nitrogens with one attached hydrogen (secondary N) is 2. The molecule has 1 atom stereocenters. The average molecular weight is 171 g/mol. The highest BCUT2D eigenvalue weighted by Crippen LogP contribution is 1.76. The van der Waals surface area contributed by atoms with E-state index in [1.165, 1.54) is 13.8 Å². The second-order valence-electron chi connectivity index (χ2n) is 2.31. The maximum Gasteiger partial charge on any atom is 0.224 e. The van der Waals surface area contributed by atoms with E-state index in [0.717, 1.165) is 0 Å². The molecular formula is C7H11N2O3. The van der Waals surface area contributed by atoms with E-state index in [4.69, 9.17) is 0 Å². The number of rotatable bonds is 4. The maximum absolute atomic E-state index is 10.5. The van der Waals surface area contributed by atoms with Crippen LogP contribution in [0.3, 0.4) is 0 Å². The van der Waals surface area contributed by atoms with E-state index < -0.39 is 6.04 Å². The molecular weight excluding hydrogens is 160 g/mol. The number of carbonyl (C=O) groups is 2. The summed E-state index contributed by atoms with van der Waals surface area (Å²) in [5.74, 6) is -0.575. The summed E-state index contributed by atoms with van der Waals surface area (Å²) < 4.78 is 0. The highest BCUT2D eigenvalue weighted by molar-refractivity contribution is 5.78. The van der Waals surface area contributed by atoms with Crippen molar-refractivity contribution >= 4 is 18.1 Å². The Hall–Kier alpha value is -1.39. The molecule has 0 aliphatic carbocycles. The van der Waals surface area contributed by atoms with Crippen molar-refractivity contribution in [2.75, 3.05) is 6.54 Å². The molecule has 0 saturated carbocycles. The fourth-order valence-electron chi connectivity index (χ4n) is 0.613. The molecule has 0 aromatic carbocycles. The molecule has 0 fully saturated rings. The normalized spacial score (nSPS) is 11.5. The van der Waals surface area contributed by atoms with Crippen LogP contribution in [0.5, 0.6) is 0 Å². The van der Waals surface area contributed by atoms with Gasteiger partial charge in [0, 0.05) is 20.4 Å². The summed E-state index contributed by atoms with van der Waals surface area (Å²) in [7, 11) is 0. The van der Waals surface area contributed by atoms with Crippen molar-refractivity contribution in [1.82, 2.24) is 10.6 Å². The molecule has 0 saturated heterocycles. The number of hydrogen-bond acceptors (Lipinski definition) is 3. The highest BCUT2D eigenvalue weighted by Gasteiger charge is 2.08. The molecule has 0 aromatic rings. The van der Waals surface area contributed by atoms with Gasteiger partial charge in [-0.25, -0.2) is 0 Å². The first kappa shape index (κ1) is 10.6. The van der Waals surface area contributed by atoms with E-state index in [9.17, 15) is 14.4 Å². The second-order valence-corrected chi connectivity index (χ2v) is 2.31. The fourth-order valence-corrected chi connectivity index (χ4v) is 0.613. The van der Waals surface area contributed by atoms with Crippen LogP contribution < -0.4 is 10.6 Å². The van der Waals surface area contributed by atoms with Gasteiger partial charge in [0.25, 0.3) is 0 Å². The third-order valence-corrected chi connectivity index (χ3v) is 1.07. The van der Waals surface area contributed by atoms with Crippen molar-refractivity contribution in [2.24, 2.45) is 0 Å². The van der Waals surface area contributed by atoms with Gasteiger partial charge in [0.2, 0.25) is 18.1 Å². The van der Waals surface area contributed by atoms with Crippen LogP contribution in [0, 0.1) is 0 Å². The minimum Gasteiger partial charge on any atom is -0.354 e. The Morgan fingerprint density at radius 1 is 1.33 bits per heavy atom. The molecule has 67 valence electrons. The molecule has 1 radical (unpaired) electrons. The predicted molar refractivity (Wildman–Crippen MR) is 42.0 cm³/mol. The monoisotopic (exact) mass is 171 g/mol. The summed E-state index contributed by atoms with van der Waals surface area (Å²) >= 11 is 0. The van der Waals surface area contributed by atoms with Gasteiger partial charge in [-0.2, -0.15) is 0 Å². The van der Waals surface area contributed by atoms with Crippen LogP contribution in [-0.2, 0) is 14.4 Å². The molecule has 5 nitrogen and oxygen atoms in total. The predicted octanol–water partition coefficient (Wildman–Crippen LogP) is -1.26. The van der Waals surface area contributed by atoms with Gasteiger partial charge in [-0.3, -0.25) is 14.4 Å². The van der Waals surface area contributed by atoms with Crippen LogP contribution in [0.1, 0.15) is 13.8 Å². The molecule has 0 rings (SSSR count). The van der Waals surface area contributed by atoms with E-state index >= 15 is 0 Å². The smallest absolute Gasteiger partial charge is 0.224 e. The van der Waals surface area contributed by atoms with E-state index in [1.54, 1.807) is 6.29 Å². The number of amides is 2. The molecule has 2 N–H and O–H groups in total. The van der Waals surface area contributed by atoms with Crippen LogP contribution >= 0.6 is 0 Å². The largest absolute Gasteiger partial charge is 0.354 e. The van der Waals surface area contributed by atoms with Gasteiger partial charge in [-0.05, 0) is 0 Å². The molecule has 0 heterocycles. The van der Waals surface area contributed by atoms with Gasteiger partial charge in [-0.15, -0.1) is 0 Å². The average Bonchev–Trinajstić information content (AvgIpc) is 1.97. The number of hydrogen-bond donors (Lipinski definition) is 2. The van der Waals surface area contributed by atoms with Crippen LogP contribution in [0.15, 0.2) is 0 Å². The first-order valence-electron chi connectivity index (χ1n) is 3.45. The molecule has 0 bridgehead atoms. The van der Waals surface area contributed by atoms with Gasteiger partial charge < -0.3 is 10.6 Å². The van der Waals surface area contributed by atoms with Gasteiger partial charge in [0.1, 0.15) is 6.04 Å². The van der Waals surface area contributed by atoms with E-state index in [0.29, 0.717) is 0 Å². The SMILES string of the molecule is CC(=O)NCC([C]=O)NC(C)=O. The van der Waals surface area contributed by atoms with Crippen molar-refractivity contribution < 1.29 is 14.4 Å². The zero-order valence-electron chi connectivity index (χ0n) is 7.01. The standard InChI is InChI=1S/C7H11N2O3/c1-5(11)8-3-7(4-10)9-6(2)12/h7H,3H2,1-2H3,(H,8,11)(H,9,12). The molecule has 0 aliphatic heterocycles. The highest BCUT2D eigenvalue weighted by atomic mass is 16.2. The second kappa shape index (κ2) is 5.29. The van der Waals surface area contributed by atoms with Crippen LogP contribution in [0.4, 0.5) is 0 Å². The van der Waals surface area contributed by atoms with Crippen molar-refractivity contribution in [3.8, 4) is 0 Å². The lowest BCUT2D eigenvalue weighted by Crippen LogP contribution is -2.43. The van der Waals surface area contributed by atoms with Gasteiger partial charge >= 0.3 is 0 Å². The first-order chi connectivity index (χ1) is 5.56. The molecule has 0 aromatic heterocycles. The Kier molecular flexibility index (Phi) is 4.67. The third-order valence-electron chi connectivity index (χ3n) is 1.07.